The molecule has 25 heavy (non-hydrogen) atoms. The van der Waals surface area contributed by atoms with E-state index in [1.807, 2.05) is 13.1 Å². The molecule has 0 amide bonds. The summed E-state index contributed by atoms with van der Waals surface area (Å²) in [5.74, 6) is 2.04. The Morgan fingerprint density at radius 1 is 0.960 bits per heavy atom. The van der Waals surface area contributed by atoms with Crippen molar-refractivity contribution in [2.75, 3.05) is 10.6 Å². The summed E-state index contributed by atoms with van der Waals surface area (Å²) < 4.78 is 5.44. The predicted octanol–water partition coefficient (Wildman–Crippen LogP) is 4.54. The second-order valence-corrected chi connectivity index (χ2v) is 7.37. The van der Waals surface area contributed by atoms with Gasteiger partial charge in [-0.3, -0.25) is 0 Å². The standard InChI is InChI=1S/C19H27N5O/c1-13-21-19(25-24-13)17-11-16(22-14-9-5-6-10-14)12-20-18(17)23-15-7-3-2-4-8-15/h11-12,14-15,22H,2-10H2,1H3,(H,20,23). The fraction of sp³-hybridized carbons (Fsp3) is 0.632. The highest BCUT2D eigenvalue weighted by atomic mass is 16.5. The number of hydrogen-bond acceptors (Lipinski definition) is 6. The molecule has 6 heteroatoms. The topological polar surface area (TPSA) is 75.9 Å². The molecule has 0 saturated heterocycles. The van der Waals surface area contributed by atoms with E-state index in [-0.39, 0.29) is 0 Å². The van der Waals surface area contributed by atoms with Gasteiger partial charge >= 0.3 is 0 Å². The number of aromatic nitrogens is 3. The van der Waals surface area contributed by atoms with E-state index in [9.17, 15) is 0 Å². The van der Waals surface area contributed by atoms with Crippen molar-refractivity contribution >= 4 is 11.5 Å². The lowest BCUT2D eigenvalue weighted by atomic mass is 9.95. The molecule has 2 saturated carbocycles. The Morgan fingerprint density at radius 3 is 2.32 bits per heavy atom. The number of nitrogens with one attached hydrogen (secondary N) is 2. The summed E-state index contributed by atoms with van der Waals surface area (Å²) in [4.78, 5) is 9.12. The van der Waals surface area contributed by atoms with Crippen molar-refractivity contribution in [3.05, 3.63) is 18.1 Å². The van der Waals surface area contributed by atoms with Gasteiger partial charge in [-0.25, -0.2) is 4.98 Å². The van der Waals surface area contributed by atoms with E-state index in [4.69, 9.17) is 9.51 Å². The molecule has 2 aliphatic carbocycles. The monoisotopic (exact) mass is 341 g/mol. The quantitative estimate of drug-likeness (QED) is 0.831. The molecular weight excluding hydrogens is 314 g/mol. The van der Waals surface area contributed by atoms with E-state index in [2.05, 4.69) is 26.8 Å². The first-order chi connectivity index (χ1) is 12.3. The zero-order valence-corrected chi connectivity index (χ0v) is 14.9. The van der Waals surface area contributed by atoms with Crippen LogP contribution in [0.25, 0.3) is 11.5 Å². The number of pyridine rings is 1. The Hall–Kier alpha value is -2.11. The van der Waals surface area contributed by atoms with Gasteiger partial charge in [-0.05, 0) is 38.7 Å². The van der Waals surface area contributed by atoms with Crippen LogP contribution in [0.4, 0.5) is 11.5 Å². The highest BCUT2D eigenvalue weighted by Gasteiger charge is 2.20. The van der Waals surface area contributed by atoms with Crippen LogP contribution in [0.15, 0.2) is 16.8 Å². The molecule has 0 aromatic carbocycles. The van der Waals surface area contributed by atoms with E-state index < -0.39 is 0 Å². The number of rotatable bonds is 5. The second kappa shape index (κ2) is 7.42. The van der Waals surface area contributed by atoms with E-state index in [1.165, 1.54) is 57.8 Å². The van der Waals surface area contributed by atoms with Crippen molar-refractivity contribution in [1.82, 2.24) is 15.1 Å². The molecule has 0 atom stereocenters. The fourth-order valence-corrected chi connectivity index (χ4v) is 3.97. The van der Waals surface area contributed by atoms with Gasteiger partial charge in [0.15, 0.2) is 5.82 Å². The minimum atomic E-state index is 0.484. The minimum Gasteiger partial charge on any atom is -0.381 e. The highest BCUT2D eigenvalue weighted by molar-refractivity contribution is 5.73. The maximum absolute atomic E-state index is 5.44. The maximum Gasteiger partial charge on any atom is 0.261 e. The first kappa shape index (κ1) is 16.4. The third-order valence-corrected chi connectivity index (χ3v) is 5.32. The van der Waals surface area contributed by atoms with Crippen LogP contribution in [0.2, 0.25) is 0 Å². The molecule has 2 aromatic heterocycles. The average molecular weight is 341 g/mol. The molecule has 6 nitrogen and oxygen atoms in total. The van der Waals surface area contributed by atoms with Crippen molar-refractivity contribution in [3.8, 4) is 11.5 Å². The largest absolute Gasteiger partial charge is 0.381 e. The molecule has 2 N–H and O–H groups in total. The molecule has 0 bridgehead atoms. The van der Waals surface area contributed by atoms with E-state index in [0.29, 0.717) is 23.8 Å². The molecule has 2 heterocycles. The van der Waals surface area contributed by atoms with Gasteiger partial charge in [0.1, 0.15) is 5.82 Å². The summed E-state index contributed by atoms with van der Waals surface area (Å²) in [6.07, 6.45) is 13.3. The Bertz CT molecular complexity index is 702. The molecule has 0 radical (unpaired) electrons. The normalized spacial score (nSPS) is 19.2. The molecule has 2 aromatic rings. The number of aryl methyl sites for hydroxylation is 1. The maximum atomic E-state index is 5.44. The van der Waals surface area contributed by atoms with Crippen LogP contribution in [-0.2, 0) is 0 Å². The van der Waals surface area contributed by atoms with Crippen molar-refractivity contribution in [3.63, 3.8) is 0 Å². The lowest BCUT2D eigenvalue weighted by Gasteiger charge is -2.24. The first-order valence-corrected chi connectivity index (χ1v) is 9.62. The Kier molecular flexibility index (Phi) is 4.85. The number of anilines is 2. The molecule has 0 spiro atoms. The van der Waals surface area contributed by atoms with Crippen LogP contribution < -0.4 is 10.6 Å². The van der Waals surface area contributed by atoms with Crippen molar-refractivity contribution < 1.29 is 4.52 Å². The molecule has 2 aliphatic rings. The third kappa shape index (κ3) is 3.94. The lowest BCUT2D eigenvalue weighted by Crippen LogP contribution is -2.23. The molecule has 0 unspecified atom stereocenters. The summed E-state index contributed by atoms with van der Waals surface area (Å²) in [5, 5.41) is 11.2. The SMILES string of the molecule is Cc1noc(-c2cc(NC3CCCC3)cnc2NC2CCCCC2)n1. The molecule has 0 aliphatic heterocycles. The van der Waals surface area contributed by atoms with E-state index >= 15 is 0 Å². The Morgan fingerprint density at radius 2 is 1.64 bits per heavy atom. The highest BCUT2D eigenvalue weighted by Crippen LogP contribution is 2.31. The van der Waals surface area contributed by atoms with Crippen LogP contribution in [-0.4, -0.2) is 27.2 Å². The van der Waals surface area contributed by atoms with Crippen molar-refractivity contribution in [1.29, 1.82) is 0 Å². The van der Waals surface area contributed by atoms with Crippen LogP contribution in [0.5, 0.6) is 0 Å². The fourth-order valence-electron chi connectivity index (χ4n) is 3.97. The molecule has 4 rings (SSSR count). The summed E-state index contributed by atoms with van der Waals surface area (Å²) in [6, 6.07) is 3.14. The molecule has 134 valence electrons. The summed E-state index contributed by atoms with van der Waals surface area (Å²) in [5.41, 5.74) is 1.93. The van der Waals surface area contributed by atoms with Gasteiger partial charge in [0, 0.05) is 12.1 Å². The smallest absolute Gasteiger partial charge is 0.261 e. The van der Waals surface area contributed by atoms with Gasteiger partial charge in [0.25, 0.3) is 5.89 Å². The lowest BCUT2D eigenvalue weighted by molar-refractivity contribution is 0.425. The summed E-state index contributed by atoms with van der Waals surface area (Å²) >= 11 is 0. The zero-order chi connectivity index (χ0) is 17.1. The Labute approximate surface area is 148 Å². The van der Waals surface area contributed by atoms with Crippen LogP contribution >= 0.6 is 0 Å². The van der Waals surface area contributed by atoms with E-state index in [0.717, 1.165) is 17.1 Å². The van der Waals surface area contributed by atoms with E-state index in [1.54, 1.807) is 0 Å². The number of hydrogen-bond donors (Lipinski definition) is 2. The second-order valence-electron chi connectivity index (χ2n) is 7.37. The minimum absolute atomic E-state index is 0.484. The summed E-state index contributed by atoms with van der Waals surface area (Å²) in [6.45, 7) is 1.84. The average Bonchev–Trinajstić information content (AvgIpc) is 3.29. The number of nitrogens with zero attached hydrogens (tertiary/aromatic N) is 3. The van der Waals surface area contributed by atoms with Gasteiger partial charge in [-0.2, -0.15) is 4.98 Å². The van der Waals surface area contributed by atoms with Crippen molar-refractivity contribution in [2.24, 2.45) is 0 Å². The van der Waals surface area contributed by atoms with Crippen LogP contribution in [0, 0.1) is 6.92 Å². The van der Waals surface area contributed by atoms with Gasteiger partial charge < -0.3 is 15.2 Å². The van der Waals surface area contributed by atoms with Gasteiger partial charge in [-0.1, -0.05) is 37.3 Å². The van der Waals surface area contributed by atoms with Gasteiger partial charge in [0.2, 0.25) is 0 Å². The Balaban J connectivity index is 1.59. The summed E-state index contributed by atoms with van der Waals surface area (Å²) in [7, 11) is 0. The zero-order valence-electron chi connectivity index (χ0n) is 14.9. The van der Waals surface area contributed by atoms with Crippen LogP contribution in [0.3, 0.4) is 0 Å². The predicted molar refractivity (Wildman–Crippen MR) is 98.6 cm³/mol. The van der Waals surface area contributed by atoms with Gasteiger partial charge in [-0.15, -0.1) is 0 Å². The van der Waals surface area contributed by atoms with Crippen LogP contribution in [0.1, 0.15) is 63.6 Å². The third-order valence-electron chi connectivity index (χ3n) is 5.32. The van der Waals surface area contributed by atoms with Gasteiger partial charge in [0.05, 0.1) is 17.4 Å². The first-order valence-electron chi connectivity index (χ1n) is 9.62. The molecular formula is C19H27N5O. The van der Waals surface area contributed by atoms with Crippen molar-refractivity contribution in [2.45, 2.75) is 76.8 Å². The molecule has 2 fully saturated rings.